The molecule has 0 aliphatic heterocycles. The molecule has 23 heavy (non-hydrogen) atoms. The van der Waals surface area contributed by atoms with Gasteiger partial charge in [-0.1, -0.05) is 30.3 Å². The van der Waals surface area contributed by atoms with Crippen molar-refractivity contribution in [3.05, 3.63) is 69.7 Å². The van der Waals surface area contributed by atoms with Crippen molar-refractivity contribution in [3.63, 3.8) is 0 Å². The lowest BCUT2D eigenvalue weighted by Gasteiger charge is -2.19. The molecule has 6 heteroatoms. The van der Waals surface area contributed by atoms with Crippen LogP contribution in [0.25, 0.3) is 0 Å². The van der Waals surface area contributed by atoms with Crippen LogP contribution in [0.2, 0.25) is 0 Å². The van der Waals surface area contributed by atoms with Crippen LogP contribution in [0.4, 0.5) is 13.2 Å². The van der Waals surface area contributed by atoms with Crippen LogP contribution in [0.3, 0.4) is 0 Å². The summed E-state index contributed by atoms with van der Waals surface area (Å²) >= 11 is 3.15. The molecule has 2 aromatic rings. The molecule has 0 spiro atoms. The van der Waals surface area contributed by atoms with E-state index in [-0.39, 0.29) is 5.56 Å². The van der Waals surface area contributed by atoms with Gasteiger partial charge in [0, 0.05) is 18.1 Å². The SMILES string of the molecule is CN(CCc1ccccc1)C(=O)c1cc(C(F)(F)F)ccc1Br. The van der Waals surface area contributed by atoms with Gasteiger partial charge in [0.25, 0.3) is 5.91 Å². The van der Waals surface area contributed by atoms with Gasteiger partial charge in [0.15, 0.2) is 0 Å². The molecule has 0 unspecified atom stereocenters. The molecule has 0 fully saturated rings. The highest BCUT2D eigenvalue weighted by Crippen LogP contribution is 2.32. The number of halogens is 4. The third kappa shape index (κ3) is 4.58. The lowest BCUT2D eigenvalue weighted by atomic mass is 10.1. The highest BCUT2D eigenvalue weighted by atomic mass is 79.9. The molecule has 0 radical (unpaired) electrons. The van der Waals surface area contributed by atoms with Crippen LogP contribution in [-0.4, -0.2) is 24.4 Å². The number of carbonyl (C=O) groups excluding carboxylic acids is 1. The van der Waals surface area contributed by atoms with Gasteiger partial charge in [-0.15, -0.1) is 0 Å². The van der Waals surface area contributed by atoms with Gasteiger partial charge in [-0.3, -0.25) is 4.79 Å². The lowest BCUT2D eigenvalue weighted by molar-refractivity contribution is -0.137. The van der Waals surface area contributed by atoms with Gasteiger partial charge in [-0.2, -0.15) is 13.2 Å². The minimum Gasteiger partial charge on any atom is -0.341 e. The Labute approximate surface area is 141 Å². The first-order valence-corrected chi connectivity index (χ1v) is 7.74. The molecule has 0 aliphatic carbocycles. The van der Waals surface area contributed by atoms with E-state index in [1.54, 1.807) is 7.05 Å². The Morgan fingerprint density at radius 2 is 1.78 bits per heavy atom. The molecule has 0 heterocycles. The van der Waals surface area contributed by atoms with Gasteiger partial charge in [0.1, 0.15) is 0 Å². The zero-order valence-electron chi connectivity index (χ0n) is 12.4. The van der Waals surface area contributed by atoms with Crippen molar-refractivity contribution in [1.29, 1.82) is 0 Å². The molecule has 0 aromatic heterocycles. The molecule has 0 atom stereocenters. The summed E-state index contributed by atoms with van der Waals surface area (Å²) in [5, 5.41) is 0. The number of amides is 1. The fraction of sp³-hybridized carbons (Fsp3) is 0.235. The van der Waals surface area contributed by atoms with Crippen molar-refractivity contribution >= 4 is 21.8 Å². The highest BCUT2D eigenvalue weighted by molar-refractivity contribution is 9.10. The second-order valence-electron chi connectivity index (χ2n) is 5.15. The van der Waals surface area contributed by atoms with Gasteiger partial charge in [-0.25, -0.2) is 0 Å². The Balaban J connectivity index is 2.13. The number of rotatable bonds is 4. The molecule has 0 bridgehead atoms. The van der Waals surface area contributed by atoms with E-state index in [1.165, 1.54) is 11.0 Å². The molecule has 0 N–H and O–H groups in total. The summed E-state index contributed by atoms with van der Waals surface area (Å²) in [6.45, 7) is 0.422. The number of benzene rings is 2. The van der Waals surface area contributed by atoms with E-state index >= 15 is 0 Å². The molecule has 0 saturated carbocycles. The summed E-state index contributed by atoms with van der Waals surface area (Å²) in [6, 6.07) is 12.7. The smallest absolute Gasteiger partial charge is 0.341 e. The molecular formula is C17H15BrF3NO. The zero-order chi connectivity index (χ0) is 17.0. The maximum Gasteiger partial charge on any atom is 0.416 e. The number of likely N-dealkylation sites (N-methyl/N-ethyl adjacent to an activating group) is 1. The van der Waals surface area contributed by atoms with Gasteiger partial charge < -0.3 is 4.90 Å². The summed E-state index contributed by atoms with van der Waals surface area (Å²) in [7, 11) is 1.58. The van der Waals surface area contributed by atoms with Crippen LogP contribution in [0.1, 0.15) is 21.5 Å². The molecule has 2 aromatic carbocycles. The van der Waals surface area contributed by atoms with E-state index in [0.29, 0.717) is 17.4 Å². The van der Waals surface area contributed by atoms with Crippen LogP contribution in [0, 0.1) is 0 Å². The van der Waals surface area contributed by atoms with Gasteiger partial charge >= 0.3 is 6.18 Å². The summed E-state index contributed by atoms with van der Waals surface area (Å²) in [5.74, 6) is -0.445. The molecule has 2 rings (SSSR count). The van der Waals surface area contributed by atoms with Crippen LogP contribution < -0.4 is 0 Å². The number of carbonyl (C=O) groups is 1. The minimum absolute atomic E-state index is 0.00962. The zero-order valence-corrected chi connectivity index (χ0v) is 14.0. The molecular weight excluding hydrogens is 371 g/mol. The van der Waals surface area contributed by atoms with Crippen molar-refractivity contribution in [3.8, 4) is 0 Å². The monoisotopic (exact) mass is 385 g/mol. The van der Waals surface area contributed by atoms with E-state index in [0.717, 1.165) is 17.7 Å². The quantitative estimate of drug-likeness (QED) is 0.741. The third-order valence-corrected chi connectivity index (χ3v) is 4.14. The summed E-state index contributed by atoms with van der Waals surface area (Å²) in [5.41, 5.74) is 0.242. The van der Waals surface area contributed by atoms with Crippen molar-refractivity contribution in [2.75, 3.05) is 13.6 Å². The second kappa shape index (κ2) is 7.17. The van der Waals surface area contributed by atoms with E-state index in [9.17, 15) is 18.0 Å². The van der Waals surface area contributed by atoms with Crippen LogP contribution >= 0.6 is 15.9 Å². The van der Waals surface area contributed by atoms with Crippen molar-refractivity contribution in [1.82, 2.24) is 4.90 Å². The highest BCUT2D eigenvalue weighted by Gasteiger charge is 2.31. The van der Waals surface area contributed by atoms with E-state index < -0.39 is 17.6 Å². The minimum atomic E-state index is -4.47. The Morgan fingerprint density at radius 1 is 1.13 bits per heavy atom. The van der Waals surface area contributed by atoms with Crippen LogP contribution in [0.15, 0.2) is 53.0 Å². The Kier molecular flexibility index (Phi) is 5.46. The topological polar surface area (TPSA) is 20.3 Å². The predicted octanol–water partition coefficient (Wildman–Crippen LogP) is 4.78. The first-order valence-electron chi connectivity index (χ1n) is 6.95. The predicted molar refractivity (Wildman–Crippen MR) is 86.3 cm³/mol. The normalized spacial score (nSPS) is 11.3. The maximum absolute atomic E-state index is 12.8. The van der Waals surface area contributed by atoms with Crippen molar-refractivity contribution in [2.45, 2.75) is 12.6 Å². The van der Waals surface area contributed by atoms with Crippen molar-refractivity contribution in [2.24, 2.45) is 0 Å². The van der Waals surface area contributed by atoms with Crippen molar-refractivity contribution < 1.29 is 18.0 Å². The maximum atomic E-state index is 12.8. The molecule has 1 amide bonds. The van der Waals surface area contributed by atoms with Gasteiger partial charge in [0.2, 0.25) is 0 Å². The second-order valence-corrected chi connectivity index (χ2v) is 6.01. The number of hydrogen-bond donors (Lipinski definition) is 0. The lowest BCUT2D eigenvalue weighted by Crippen LogP contribution is -2.29. The van der Waals surface area contributed by atoms with E-state index in [4.69, 9.17) is 0 Å². The first kappa shape index (κ1) is 17.5. The van der Waals surface area contributed by atoms with Crippen LogP contribution in [0.5, 0.6) is 0 Å². The standard InChI is InChI=1S/C17H15BrF3NO/c1-22(10-9-12-5-3-2-4-6-12)16(23)14-11-13(17(19,20)21)7-8-15(14)18/h2-8,11H,9-10H2,1H3. The number of alkyl halides is 3. The largest absolute Gasteiger partial charge is 0.416 e. The molecule has 2 nitrogen and oxygen atoms in total. The molecule has 122 valence electrons. The number of nitrogens with zero attached hydrogens (tertiary/aromatic N) is 1. The summed E-state index contributed by atoms with van der Waals surface area (Å²) < 4.78 is 38.7. The third-order valence-electron chi connectivity index (χ3n) is 3.45. The Hall–Kier alpha value is -1.82. The summed E-state index contributed by atoms with van der Waals surface area (Å²) in [6.07, 6.45) is -3.84. The van der Waals surface area contributed by atoms with Crippen LogP contribution in [-0.2, 0) is 12.6 Å². The fourth-order valence-corrected chi connectivity index (χ4v) is 2.53. The summed E-state index contributed by atoms with van der Waals surface area (Å²) in [4.78, 5) is 13.8. The van der Waals surface area contributed by atoms with Gasteiger partial charge in [-0.05, 0) is 46.1 Å². The fourth-order valence-electron chi connectivity index (χ4n) is 2.11. The van der Waals surface area contributed by atoms with E-state index in [1.807, 2.05) is 30.3 Å². The number of hydrogen-bond acceptors (Lipinski definition) is 1. The van der Waals surface area contributed by atoms with E-state index in [2.05, 4.69) is 15.9 Å². The average Bonchev–Trinajstić information content (AvgIpc) is 2.52. The van der Waals surface area contributed by atoms with Gasteiger partial charge in [0.05, 0.1) is 11.1 Å². The molecule has 0 aliphatic rings. The molecule has 0 saturated heterocycles. The first-order chi connectivity index (χ1) is 10.8. The Bertz CT molecular complexity index is 686. The Morgan fingerprint density at radius 3 is 2.39 bits per heavy atom. The average molecular weight is 386 g/mol.